The average Bonchev–Trinajstić information content (AvgIpc) is 2.68. The van der Waals surface area contributed by atoms with Crippen LogP contribution in [0.1, 0.15) is 12.0 Å². The van der Waals surface area contributed by atoms with Crippen molar-refractivity contribution < 1.29 is 9.90 Å². The summed E-state index contributed by atoms with van der Waals surface area (Å²) in [5, 5.41) is 9.35. The molecule has 1 fully saturated rings. The normalized spacial score (nSPS) is 20.1. The van der Waals surface area contributed by atoms with Gasteiger partial charge in [0, 0.05) is 18.8 Å². The first-order chi connectivity index (χ1) is 7.66. The van der Waals surface area contributed by atoms with Crippen LogP contribution in [0.25, 0.3) is 0 Å². The zero-order valence-electron chi connectivity index (χ0n) is 9.10. The van der Waals surface area contributed by atoms with Gasteiger partial charge in [-0.3, -0.25) is 4.79 Å². The third-order valence-corrected chi connectivity index (χ3v) is 2.91. The van der Waals surface area contributed by atoms with Gasteiger partial charge in [-0.2, -0.15) is 0 Å². The number of rotatable bonds is 2. The lowest BCUT2D eigenvalue weighted by Crippen LogP contribution is -2.31. The van der Waals surface area contributed by atoms with Crippen LogP contribution in [0, 0.1) is 0 Å². The molecular weight excluding hydrogens is 204 g/mol. The van der Waals surface area contributed by atoms with Gasteiger partial charge < -0.3 is 15.7 Å². The average molecular weight is 220 g/mol. The van der Waals surface area contributed by atoms with Gasteiger partial charge in [-0.15, -0.1) is 0 Å². The molecule has 1 aliphatic heterocycles. The van der Waals surface area contributed by atoms with Gasteiger partial charge >= 0.3 is 0 Å². The second kappa shape index (κ2) is 4.53. The molecule has 0 bridgehead atoms. The van der Waals surface area contributed by atoms with Crippen LogP contribution in [0.2, 0.25) is 0 Å². The summed E-state index contributed by atoms with van der Waals surface area (Å²) >= 11 is 0. The first-order valence-corrected chi connectivity index (χ1v) is 5.46. The maximum absolute atomic E-state index is 11.9. The monoisotopic (exact) mass is 220 g/mol. The quantitative estimate of drug-likeness (QED) is 0.709. The Morgan fingerprint density at radius 2 is 2.25 bits per heavy atom. The maximum Gasteiger partial charge on any atom is 0.227 e. The van der Waals surface area contributed by atoms with E-state index in [4.69, 9.17) is 5.73 Å². The molecule has 1 amide bonds. The topological polar surface area (TPSA) is 66.6 Å². The van der Waals surface area contributed by atoms with E-state index in [1.54, 1.807) is 11.0 Å². The van der Waals surface area contributed by atoms with Crippen LogP contribution in [0.15, 0.2) is 24.3 Å². The number of carbonyl (C=O) groups excluding carboxylic acids is 1. The SMILES string of the molecule is Nc1ccccc1CC(=O)N1CC[C@H](O)C1. The smallest absolute Gasteiger partial charge is 0.227 e. The number of hydrogen-bond acceptors (Lipinski definition) is 3. The molecule has 2 rings (SSSR count). The van der Waals surface area contributed by atoms with Crippen molar-refractivity contribution in [2.75, 3.05) is 18.8 Å². The van der Waals surface area contributed by atoms with Gasteiger partial charge in [0.15, 0.2) is 0 Å². The van der Waals surface area contributed by atoms with Gasteiger partial charge in [0.05, 0.1) is 12.5 Å². The third-order valence-electron chi connectivity index (χ3n) is 2.91. The molecule has 1 saturated heterocycles. The predicted molar refractivity (Wildman–Crippen MR) is 61.8 cm³/mol. The Hall–Kier alpha value is -1.55. The summed E-state index contributed by atoms with van der Waals surface area (Å²) < 4.78 is 0. The molecule has 0 unspecified atom stereocenters. The number of nitrogens with two attached hydrogens (primary N) is 1. The lowest BCUT2D eigenvalue weighted by Gasteiger charge is -2.16. The number of aliphatic hydroxyl groups excluding tert-OH is 1. The Morgan fingerprint density at radius 3 is 2.88 bits per heavy atom. The highest BCUT2D eigenvalue weighted by molar-refractivity contribution is 5.80. The lowest BCUT2D eigenvalue weighted by molar-refractivity contribution is -0.129. The van der Waals surface area contributed by atoms with Crippen molar-refractivity contribution in [1.82, 2.24) is 4.90 Å². The van der Waals surface area contributed by atoms with E-state index < -0.39 is 0 Å². The van der Waals surface area contributed by atoms with Crippen LogP contribution in [0.4, 0.5) is 5.69 Å². The number of nitrogens with zero attached hydrogens (tertiary/aromatic N) is 1. The van der Waals surface area contributed by atoms with E-state index in [0.29, 0.717) is 31.6 Å². The van der Waals surface area contributed by atoms with Gasteiger partial charge in [-0.1, -0.05) is 18.2 Å². The number of hydrogen-bond donors (Lipinski definition) is 2. The highest BCUT2D eigenvalue weighted by Gasteiger charge is 2.24. The standard InChI is InChI=1S/C12H16N2O2/c13-11-4-2-1-3-9(11)7-12(16)14-6-5-10(15)8-14/h1-4,10,15H,5-8,13H2/t10-/m0/s1. The Bertz CT molecular complexity index is 392. The molecular formula is C12H16N2O2. The number of nitrogen functional groups attached to an aromatic ring is 1. The van der Waals surface area contributed by atoms with E-state index >= 15 is 0 Å². The van der Waals surface area contributed by atoms with E-state index in [0.717, 1.165) is 5.56 Å². The number of β-amino-alcohol motifs (C(OH)–C–C–N with tert-alkyl or cyclic N) is 1. The van der Waals surface area contributed by atoms with E-state index in [1.807, 2.05) is 18.2 Å². The van der Waals surface area contributed by atoms with E-state index in [1.165, 1.54) is 0 Å². The highest BCUT2D eigenvalue weighted by Crippen LogP contribution is 2.15. The molecule has 0 radical (unpaired) electrons. The summed E-state index contributed by atoms with van der Waals surface area (Å²) in [6, 6.07) is 7.38. The summed E-state index contributed by atoms with van der Waals surface area (Å²) in [6.45, 7) is 1.10. The molecule has 16 heavy (non-hydrogen) atoms. The first kappa shape index (κ1) is 11.0. The fourth-order valence-electron chi connectivity index (χ4n) is 1.94. The minimum atomic E-state index is -0.364. The van der Waals surface area contributed by atoms with E-state index in [-0.39, 0.29) is 12.0 Å². The van der Waals surface area contributed by atoms with Gasteiger partial charge in [-0.25, -0.2) is 0 Å². The largest absolute Gasteiger partial charge is 0.398 e. The Labute approximate surface area is 94.7 Å². The van der Waals surface area contributed by atoms with Gasteiger partial charge in [0.2, 0.25) is 5.91 Å². The minimum Gasteiger partial charge on any atom is -0.398 e. The number of benzene rings is 1. The van der Waals surface area contributed by atoms with Gasteiger partial charge in [0.25, 0.3) is 0 Å². The molecule has 86 valence electrons. The molecule has 4 heteroatoms. The Morgan fingerprint density at radius 1 is 1.50 bits per heavy atom. The van der Waals surface area contributed by atoms with Gasteiger partial charge in [0.1, 0.15) is 0 Å². The second-order valence-electron chi connectivity index (χ2n) is 4.16. The van der Waals surface area contributed by atoms with Crippen LogP contribution >= 0.6 is 0 Å². The Kier molecular flexibility index (Phi) is 3.10. The number of likely N-dealkylation sites (tertiary alicyclic amines) is 1. The Balaban J connectivity index is 2.00. The summed E-state index contributed by atoms with van der Waals surface area (Å²) in [5.74, 6) is 0.0365. The van der Waals surface area contributed by atoms with Crippen LogP contribution in [-0.4, -0.2) is 35.1 Å². The summed E-state index contributed by atoms with van der Waals surface area (Å²) in [4.78, 5) is 13.6. The zero-order valence-corrected chi connectivity index (χ0v) is 9.10. The highest BCUT2D eigenvalue weighted by atomic mass is 16.3. The predicted octanol–water partition coefficient (Wildman–Crippen LogP) is 0.404. The molecule has 1 aromatic rings. The number of amides is 1. The number of anilines is 1. The summed E-state index contributed by atoms with van der Waals surface area (Å²) in [6.07, 6.45) is 0.632. The second-order valence-corrected chi connectivity index (χ2v) is 4.16. The number of aliphatic hydroxyl groups is 1. The number of carbonyl (C=O) groups is 1. The van der Waals surface area contributed by atoms with Crippen molar-refractivity contribution in [2.45, 2.75) is 18.9 Å². The molecule has 1 atom stereocenters. The van der Waals surface area contributed by atoms with E-state index in [2.05, 4.69) is 0 Å². The molecule has 0 spiro atoms. The van der Waals surface area contributed by atoms with Crippen LogP contribution in [0.3, 0.4) is 0 Å². The first-order valence-electron chi connectivity index (χ1n) is 5.46. The fraction of sp³-hybridized carbons (Fsp3) is 0.417. The van der Waals surface area contributed by atoms with Crippen molar-refractivity contribution >= 4 is 11.6 Å². The van der Waals surface area contributed by atoms with E-state index in [9.17, 15) is 9.90 Å². The lowest BCUT2D eigenvalue weighted by atomic mass is 10.1. The van der Waals surface area contributed by atoms with Crippen molar-refractivity contribution in [3.63, 3.8) is 0 Å². The van der Waals surface area contributed by atoms with Crippen LogP contribution in [0.5, 0.6) is 0 Å². The summed E-state index contributed by atoms with van der Waals surface area (Å²) in [5.41, 5.74) is 7.28. The van der Waals surface area contributed by atoms with Gasteiger partial charge in [-0.05, 0) is 18.1 Å². The minimum absolute atomic E-state index is 0.0365. The molecule has 4 nitrogen and oxygen atoms in total. The molecule has 0 saturated carbocycles. The van der Waals surface area contributed by atoms with Crippen molar-refractivity contribution in [3.8, 4) is 0 Å². The molecule has 0 aromatic heterocycles. The molecule has 0 aliphatic carbocycles. The molecule has 3 N–H and O–H groups in total. The van der Waals surface area contributed by atoms with Crippen LogP contribution in [-0.2, 0) is 11.2 Å². The molecule has 1 aliphatic rings. The molecule has 1 heterocycles. The van der Waals surface area contributed by atoms with Crippen molar-refractivity contribution in [2.24, 2.45) is 0 Å². The fourth-order valence-corrected chi connectivity index (χ4v) is 1.94. The summed E-state index contributed by atoms with van der Waals surface area (Å²) in [7, 11) is 0. The third kappa shape index (κ3) is 2.33. The number of para-hydroxylation sites is 1. The van der Waals surface area contributed by atoms with Crippen molar-refractivity contribution in [3.05, 3.63) is 29.8 Å². The van der Waals surface area contributed by atoms with Crippen LogP contribution < -0.4 is 5.73 Å². The van der Waals surface area contributed by atoms with Crippen molar-refractivity contribution in [1.29, 1.82) is 0 Å². The zero-order chi connectivity index (χ0) is 11.5. The maximum atomic E-state index is 11.9. The molecule has 1 aromatic carbocycles.